The van der Waals surface area contributed by atoms with E-state index < -0.39 is 11.9 Å². The fourth-order valence-electron chi connectivity index (χ4n) is 4.88. The lowest BCUT2D eigenvalue weighted by molar-refractivity contribution is -0.140. The first-order chi connectivity index (χ1) is 15.7. The molecule has 33 heavy (non-hydrogen) atoms. The SMILES string of the molecule is COc1ccc(COC(=O)C2=C(C)NC3=C(C(=O)CC(C)(C)C3)[C@@H]2c2ccccc2C)cc1. The molecule has 1 aliphatic carbocycles. The highest BCUT2D eigenvalue weighted by Crippen LogP contribution is 2.47. The third-order valence-corrected chi connectivity index (χ3v) is 6.49. The summed E-state index contributed by atoms with van der Waals surface area (Å²) in [5.74, 6) is -0.00411. The number of benzene rings is 2. The largest absolute Gasteiger partial charge is 0.497 e. The molecule has 1 aliphatic heterocycles. The minimum absolute atomic E-state index is 0.0926. The van der Waals surface area contributed by atoms with E-state index in [2.05, 4.69) is 19.2 Å². The maximum Gasteiger partial charge on any atom is 0.337 e. The van der Waals surface area contributed by atoms with E-state index in [0.29, 0.717) is 17.6 Å². The number of carbonyl (C=O) groups is 2. The zero-order valence-corrected chi connectivity index (χ0v) is 20.0. The predicted octanol–water partition coefficient (Wildman–Crippen LogP) is 5.35. The second-order valence-electron chi connectivity index (χ2n) is 9.71. The lowest BCUT2D eigenvalue weighted by Gasteiger charge is -2.39. The minimum Gasteiger partial charge on any atom is -0.497 e. The highest BCUT2D eigenvalue weighted by Gasteiger charge is 2.43. The summed E-state index contributed by atoms with van der Waals surface area (Å²) in [5, 5.41) is 3.39. The van der Waals surface area contributed by atoms with E-state index in [4.69, 9.17) is 9.47 Å². The fourth-order valence-corrected chi connectivity index (χ4v) is 4.88. The predicted molar refractivity (Wildman–Crippen MR) is 128 cm³/mol. The quantitative estimate of drug-likeness (QED) is 0.629. The van der Waals surface area contributed by atoms with Gasteiger partial charge in [-0.1, -0.05) is 50.2 Å². The van der Waals surface area contributed by atoms with Crippen LogP contribution in [0.25, 0.3) is 0 Å². The Hall–Kier alpha value is -3.34. The van der Waals surface area contributed by atoms with E-state index in [9.17, 15) is 9.59 Å². The molecule has 172 valence electrons. The smallest absolute Gasteiger partial charge is 0.337 e. The second kappa shape index (κ2) is 8.89. The number of nitrogens with one attached hydrogen (secondary N) is 1. The van der Waals surface area contributed by atoms with E-state index in [1.165, 1.54) is 0 Å². The maximum atomic E-state index is 13.4. The van der Waals surface area contributed by atoms with Crippen molar-refractivity contribution < 1.29 is 19.1 Å². The van der Waals surface area contributed by atoms with Crippen molar-refractivity contribution in [3.8, 4) is 5.75 Å². The number of aryl methyl sites for hydroxylation is 1. The van der Waals surface area contributed by atoms with Gasteiger partial charge in [-0.3, -0.25) is 4.79 Å². The summed E-state index contributed by atoms with van der Waals surface area (Å²) >= 11 is 0. The van der Waals surface area contributed by atoms with Crippen molar-refractivity contribution in [1.29, 1.82) is 0 Å². The second-order valence-corrected chi connectivity index (χ2v) is 9.71. The molecule has 0 bridgehead atoms. The van der Waals surface area contributed by atoms with Crippen molar-refractivity contribution in [3.05, 3.63) is 87.8 Å². The van der Waals surface area contributed by atoms with E-state index >= 15 is 0 Å². The van der Waals surface area contributed by atoms with Crippen LogP contribution in [-0.2, 0) is 20.9 Å². The molecule has 0 saturated heterocycles. The van der Waals surface area contributed by atoms with Gasteiger partial charge in [0.25, 0.3) is 0 Å². The van der Waals surface area contributed by atoms with Crippen molar-refractivity contribution in [2.75, 3.05) is 7.11 Å². The topological polar surface area (TPSA) is 64.6 Å². The average Bonchev–Trinajstić information content (AvgIpc) is 2.76. The van der Waals surface area contributed by atoms with Crippen LogP contribution in [0.3, 0.4) is 0 Å². The van der Waals surface area contributed by atoms with Crippen LogP contribution < -0.4 is 10.1 Å². The highest BCUT2D eigenvalue weighted by atomic mass is 16.5. The zero-order valence-electron chi connectivity index (χ0n) is 20.0. The molecule has 2 aromatic carbocycles. The van der Waals surface area contributed by atoms with Gasteiger partial charge in [0, 0.05) is 29.3 Å². The van der Waals surface area contributed by atoms with Gasteiger partial charge in [0.2, 0.25) is 0 Å². The summed E-state index contributed by atoms with van der Waals surface area (Å²) in [5.41, 5.74) is 5.63. The molecule has 0 unspecified atom stereocenters. The number of ether oxygens (including phenoxy) is 2. The van der Waals surface area contributed by atoms with Crippen molar-refractivity contribution >= 4 is 11.8 Å². The van der Waals surface area contributed by atoms with Crippen LogP contribution >= 0.6 is 0 Å². The van der Waals surface area contributed by atoms with Crippen molar-refractivity contribution in [2.24, 2.45) is 5.41 Å². The van der Waals surface area contributed by atoms with Gasteiger partial charge in [-0.2, -0.15) is 0 Å². The molecular weight excluding hydrogens is 414 g/mol. The molecule has 2 aliphatic rings. The van der Waals surface area contributed by atoms with Crippen LogP contribution in [0, 0.1) is 12.3 Å². The van der Waals surface area contributed by atoms with Gasteiger partial charge in [-0.15, -0.1) is 0 Å². The average molecular weight is 446 g/mol. The van der Waals surface area contributed by atoms with Gasteiger partial charge in [0.15, 0.2) is 5.78 Å². The summed E-state index contributed by atoms with van der Waals surface area (Å²) in [4.78, 5) is 26.8. The van der Waals surface area contributed by atoms with Crippen molar-refractivity contribution in [2.45, 2.75) is 53.1 Å². The van der Waals surface area contributed by atoms with E-state index in [0.717, 1.165) is 40.3 Å². The Morgan fingerprint density at radius 2 is 1.76 bits per heavy atom. The normalized spacial score (nSPS) is 19.7. The van der Waals surface area contributed by atoms with Crippen LogP contribution in [0.15, 0.2) is 71.1 Å². The molecule has 5 heteroatoms. The number of hydrogen-bond donors (Lipinski definition) is 1. The summed E-state index contributed by atoms with van der Waals surface area (Å²) in [7, 11) is 1.61. The minimum atomic E-state index is -0.436. The van der Waals surface area contributed by atoms with E-state index in [1.54, 1.807) is 7.11 Å². The fraction of sp³-hybridized carbons (Fsp3) is 0.357. The maximum absolute atomic E-state index is 13.4. The zero-order chi connectivity index (χ0) is 23.8. The number of rotatable bonds is 5. The summed E-state index contributed by atoms with van der Waals surface area (Å²) in [6.07, 6.45) is 1.23. The Balaban J connectivity index is 1.70. The van der Waals surface area contributed by atoms with Crippen LogP contribution in [0.1, 0.15) is 56.2 Å². The molecule has 0 saturated carbocycles. The standard InChI is InChI=1S/C28H31NO4/c1-17-8-6-7-9-21(17)25-24(27(31)33-16-19-10-12-20(32-5)13-11-19)18(2)29-22-14-28(3,4)15-23(30)26(22)25/h6-13,25,29H,14-16H2,1-5H3/t25-/m1/s1. The van der Waals surface area contributed by atoms with Gasteiger partial charge in [0.05, 0.1) is 12.7 Å². The third-order valence-electron chi connectivity index (χ3n) is 6.49. The molecule has 1 N–H and O–H groups in total. The Bertz CT molecular complexity index is 1150. The number of ketones is 1. The van der Waals surface area contributed by atoms with Gasteiger partial charge in [-0.05, 0) is 54.5 Å². The number of Topliss-reactive ketones (excluding diaryl/α,β-unsaturated/α-hetero) is 1. The van der Waals surface area contributed by atoms with Crippen molar-refractivity contribution in [1.82, 2.24) is 5.32 Å². The number of carbonyl (C=O) groups excluding carboxylic acids is 2. The first-order valence-corrected chi connectivity index (χ1v) is 11.3. The summed E-state index contributed by atoms with van der Waals surface area (Å²) < 4.78 is 10.9. The summed E-state index contributed by atoms with van der Waals surface area (Å²) in [6, 6.07) is 15.4. The van der Waals surface area contributed by atoms with E-state index in [-0.39, 0.29) is 17.8 Å². The molecule has 0 aromatic heterocycles. The van der Waals surface area contributed by atoms with Gasteiger partial charge in [0.1, 0.15) is 12.4 Å². The van der Waals surface area contributed by atoms with E-state index in [1.807, 2.05) is 62.4 Å². The van der Waals surface area contributed by atoms with Crippen LogP contribution in [0.4, 0.5) is 0 Å². The Labute approximate surface area is 195 Å². The molecule has 0 amide bonds. The third kappa shape index (κ3) is 4.58. The van der Waals surface area contributed by atoms with Crippen LogP contribution in [-0.4, -0.2) is 18.9 Å². The molecule has 0 radical (unpaired) electrons. The van der Waals surface area contributed by atoms with Crippen molar-refractivity contribution in [3.63, 3.8) is 0 Å². The molecule has 0 spiro atoms. The molecule has 5 nitrogen and oxygen atoms in total. The molecule has 1 atom stereocenters. The number of esters is 1. The first-order valence-electron chi connectivity index (χ1n) is 11.3. The number of dihydropyridines is 1. The Morgan fingerprint density at radius 3 is 2.42 bits per heavy atom. The molecule has 2 aromatic rings. The lowest BCUT2D eigenvalue weighted by Crippen LogP contribution is -2.38. The summed E-state index contributed by atoms with van der Waals surface area (Å²) in [6.45, 7) is 8.27. The molecule has 4 rings (SSSR count). The number of hydrogen-bond acceptors (Lipinski definition) is 5. The van der Waals surface area contributed by atoms with Crippen LogP contribution in [0.2, 0.25) is 0 Å². The molecule has 1 heterocycles. The number of methoxy groups -OCH3 is 1. The Kier molecular flexibility index (Phi) is 6.15. The van der Waals surface area contributed by atoms with Gasteiger partial charge >= 0.3 is 5.97 Å². The molecule has 0 fully saturated rings. The Morgan fingerprint density at radius 1 is 1.06 bits per heavy atom. The first kappa shape index (κ1) is 22.8. The van der Waals surface area contributed by atoms with Gasteiger partial charge < -0.3 is 14.8 Å². The molecular formula is C28H31NO4. The highest BCUT2D eigenvalue weighted by molar-refractivity contribution is 6.04. The monoisotopic (exact) mass is 445 g/mol. The van der Waals surface area contributed by atoms with Crippen LogP contribution in [0.5, 0.6) is 5.75 Å². The number of allylic oxidation sites excluding steroid dienone is 3. The van der Waals surface area contributed by atoms with Gasteiger partial charge in [-0.25, -0.2) is 4.79 Å². The lowest BCUT2D eigenvalue weighted by atomic mass is 9.68.